The molecule has 2 unspecified atom stereocenters. The first-order valence-electron chi connectivity index (χ1n) is 9.36. The Morgan fingerprint density at radius 3 is 2.80 bits per heavy atom. The van der Waals surface area contributed by atoms with Gasteiger partial charge in [-0.1, -0.05) is 38.1 Å². The zero-order valence-electron chi connectivity index (χ0n) is 15.2. The number of thiophene rings is 1. The lowest BCUT2D eigenvalue weighted by Gasteiger charge is -2.31. The molecule has 1 heterocycles. The van der Waals surface area contributed by atoms with Crippen molar-refractivity contribution in [2.75, 3.05) is 19.6 Å². The quantitative estimate of drug-likeness (QED) is 0.799. The fourth-order valence-electron chi connectivity index (χ4n) is 3.93. The normalized spacial score (nSPS) is 18.0. The van der Waals surface area contributed by atoms with Crippen LogP contribution in [0.5, 0.6) is 0 Å². The van der Waals surface area contributed by atoms with E-state index in [2.05, 4.69) is 65.2 Å². The van der Waals surface area contributed by atoms with E-state index < -0.39 is 0 Å². The summed E-state index contributed by atoms with van der Waals surface area (Å²) in [6.45, 7) is 7.01. The molecule has 0 radical (unpaired) electrons. The lowest BCUT2D eigenvalue weighted by Crippen LogP contribution is -2.40. The van der Waals surface area contributed by atoms with Crippen LogP contribution < -0.4 is 5.32 Å². The van der Waals surface area contributed by atoms with Crippen LogP contribution in [0.25, 0.3) is 0 Å². The van der Waals surface area contributed by atoms with Crippen LogP contribution in [0.1, 0.15) is 55.3 Å². The average Bonchev–Trinajstić information content (AvgIpc) is 3.18. The summed E-state index contributed by atoms with van der Waals surface area (Å²) in [7, 11) is 0. The van der Waals surface area contributed by atoms with Crippen LogP contribution >= 0.6 is 11.3 Å². The average molecular weight is 357 g/mol. The predicted molar refractivity (Wildman–Crippen MR) is 105 cm³/mol. The Bertz CT molecular complexity index is 679. The maximum Gasteiger partial charge on any atom is 0.227 e. The second-order valence-corrected chi connectivity index (χ2v) is 7.46. The molecule has 1 aromatic carbocycles. The highest BCUT2D eigenvalue weighted by Crippen LogP contribution is 2.32. The molecular formula is C21H28N2OS. The number of amides is 1. The Balaban J connectivity index is 1.70. The number of benzene rings is 1. The first kappa shape index (κ1) is 18.2. The van der Waals surface area contributed by atoms with Gasteiger partial charge in [-0.3, -0.25) is 9.69 Å². The van der Waals surface area contributed by atoms with Gasteiger partial charge in [-0.2, -0.15) is 11.3 Å². The maximum absolute atomic E-state index is 12.9. The third-order valence-corrected chi connectivity index (χ3v) is 6.04. The first-order valence-corrected chi connectivity index (χ1v) is 10.3. The maximum atomic E-state index is 12.9. The van der Waals surface area contributed by atoms with Crippen molar-refractivity contribution in [2.45, 2.75) is 45.1 Å². The van der Waals surface area contributed by atoms with E-state index in [0.717, 1.165) is 32.4 Å². The van der Waals surface area contributed by atoms with E-state index >= 15 is 0 Å². The summed E-state index contributed by atoms with van der Waals surface area (Å²) in [5, 5.41) is 7.57. The molecule has 1 aliphatic rings. The molecule has 1 amide bonds. The van der Waals surface area contributed by atoms with Crippen molar-refractivity contribution in [3.8, 4) is 0 Å². The molecule has 4 heteroatoms. The molecule has 25 heavy (non-hydrogen) atoms. The molecular weight excluding hydrogens is 328 g/mol. The second kappa shape index (κ2) is 8.63. The Labute approximate surface area is 155 Å². The lowest BCUT2D eigenvalue weighted by molar-refractivity contribution is -0.123. The molecule has 1 aromatic heterocycles. The van der Waals surface area contributed by atoms with E-state index in [1.807, 2.05) is 0 Å². The number of aryl methyl sites for hydroxylation is 1. The van der Waals surface area contributed by atoms with Crippen LogP contribution in [0, 0.1) is 0 Å². The van der Waals surface area contributed by atoms with Crippen molar-refractivity contribution in [3.05, 3.63) is 57.8 Å². The number of nitrogens with zero attached hydrogens (tertiary/aromatic N) is 1. The van der Waals surface area contributed by atoms with E-state index in [0.29, 0.717) is 6.54 Å². The lowest BCUT2D eigenvalue weighted by atomic mass is 9.82. The number of likely N-dealkylation sites (N-methyl/N-ethyl adjacent to an activating group) is 1. The van der Waals surface area contributed by atoms with Gasteiger partial charge in [-0.15, -0.1) is 0 Å². The van der Waals surface area contributed by atoms with Gasteiger partial charge in [0.25, 0.3) is 0 Å². The number of carbonyl (C=O) groups is 1. The Morgan fingerprint density at radius 1 is 1.28 bits per heavy atom. The van der Waals surface area contributed by atoms with Gasteiger partial charge in [-0.05, 0) is 65.9 Å². The molecule has 0 aliphatic heterocycles. The summed E-state index contributed by atoms with van der Waals surface area (Å²) >= 11 is 1.72. The predicted octanol–water partition coefficient (Wildman–Crippen LogP) is 4.37. The van der Waals surface area contributed by atoms with Crippen LogP contribution in [0.2, 0.25) is 0 Å². The fourth-order valence-corrected chi connectivity index (χ4v) is 4.64. The molecule has 3 nitrogen and oxygen atoms in total. The minimum Gasteiger partial charge on any atom is -0.354 e. The Kier molecular flexibility index (Phi) is 6.27. The summed E-state index contributed by atoms with van der Waals surface area (Å²) in [6, 6.07) is 10.8. The zero-order chi connectivity index (χ0) is 17.6. The number of hydrogen-bond donors (Lipinski definition) is 1. The summed E-state index contributed by atoms with van der Waals surface area (Å²) in [5.74, 6) is 0.185. The van der Waals surface area contributed by atoms with Crippen molar-refractivity contribution < 1.29 is 4.79 Å². The third kappa shape index (κ3) is 4.13. The number of nitrogens with one attached hydrogen (secondary N) is 1. The van der Waals surface area contributed by atoms with Crippen molar-refractivity contribution >= 4 is 17.2 Å². The van der Waals surface area contributed by atoms with E-state index in [4.69, 9.17) is 0 Å². The molecule has 0 bridgehead atoms. The zero-order valence-corrected chi connectivity index (χ0v) is 16.0. The summed E-state index contributed by atoms with van der Waals surface area (Å²) in [4.78, 5) is 15.3. The minimum atomic E-state index is 0.00442. The van der Waals surface area contributed by atoms with Gasteiger partial charge >= 0.3 is 0 Å². The highest BCUT2D eigenvalue weighted by Gasteiger charge is 2.27. The van der Waals surface area contributed by atoms with Crippen LogP contribution in [-0.4, -0.2) is 30.4 Å². The molecule has 0 fully saturated rings. The van der Waals surface area contributed by atoms with Gasteiger partial charge in [0, 0.05) is 6.54 Å². The highest BCUT2D eigenvalue weighted by atomic mass is 32.1. The van der Waals surface area contributed by atoms with Crippen molar-refractivity contribution in [3.63, 3.8) is 0 Å². The monoisotopic (exact) mass is 356 g/mol. The molecule has 0 saturated carbocycles. The topological polar surface area (TPSA) is 32.3 Å². The third-order valence-electron chi connectivity index (χ3n) is 5.34. The van der Waals surface area contributed by atoms with E-state index in [-0.39, 0.29) is 17.9 Å². The number of carbonyl (C=O) groups excluding carboxylic acids is 1. The Morgan fingerprint density at radius 2 is 2.08 bits per heavy atom. The number of hydrogen-bond acceptors (Lipinski definition) is 3. The van der Waals surface area contributed by atoms with Crippen LogP contribution in [0.3, 0.4) is 0 Å². The van der Waals surface area contributed by atoms with Crippen LogP contribution in [0.4, 0.5) is 0 Å². The van der Waals surface area contributed by atoms with Gasteiger partial charge in [0.2, 0.25) is 5.91 Å². The largest absolute Gasteiger partial charge is 0.354 e. The SMILES string of the molecule is CCN(CC)C(CNC(=O)C1CCCc2ccccc21)c1ccsc1. The molecule has 0 saturated heterocycles. The van der Waals surface area contributed by atoms with Gasteiger partial charge in [-0.25, -0.2) is 0 Å². The van der Waals surface area contributed by atoms with Crippen LogP contribution in [-0.2, 0) is 11.2 Å². The first-order chi connectivity index (χ1) is 12.2. The van der Waals surface area contributed by atoms with Gasteiger partial charge in [0.05, 0.1) is 12.0 Å². The molecule has 134 valence electrons. The standard InChI is InChI=1S/C21H28N2OS/c1-3-23(4-2)20(17-12-13-25-15-17)14-22-21(24)19-11-7-9-16-8-5-6-10-18(16)19/h5-6,8,10,12-13,15,19-20H,3-4,7,9,11,14H2,1-2H3,(H,22,24). The van der Waals surface area contributed by atoms with E-state index in [1.165, 1.54) is 16.7 Å². The van der Waals surface area contributed by atoms with Gasteiger partial charge < -0.3 is 5.32 Å². The highest BCUT2D eigenvalue weighted by molar-refractivity contribution is 7.07. The van der Waals surface area contributed by atoms with Gasteiger partial charge in [0.15, 0.2) is 0 Å². The summed E-state index contributed by atoms with van der Waals surface area (Å²) in [5.41, 5.74) is 3.87. The molecule has 0 spiro atoms. The van der Waals surface area contributed by atoms with Gasteiger partial charge in [0.1, 0.15) is 0 Å². The Hall–Kier alpha value is -1.65. The van der Waals surface area contributed by atoms with Crippen molar-refractivity contribution in [2.24, 2.45) is 0 Å². The van der Waals surface area contributed by atoms with E-state index in [1.54, 1.807) is 11.3 Å². The van der Waals surface area contributed by atoms with E-state index in [9.17, 15) is 4.79 Å². The molecule has 3 rings (SSSR count). The number of rotatable bonds is 7. The summed E-state index contributed by atoms with van der Waals surface area (Å²) in [6.07, 6.45) is 3.15. The van der Waals surface area contributed by atoms with Crippen molar-refractivity contribution in [1.29, 1.82) is 0 Å². The second-order valence-electron chi connectivity index (χ2n) is 6.68. The molecule has 1 aliphatic carbocycles. The van der Waals surface area contributed by atoms with Crippen LogP contribution in [0.15, 0.2) is 41.1 Å². The van der Waals surface area contributed by atoms with Crippen molar-refractivity contribution in [1.82, 2.24) is 10.2 Å². The molecule has 2 aromatic rings. The fraction of sp³-hybridized carbons (Fsp3) is 0.476. The molecule has 2 atom stereocenters. The summed E-state index contributed by atoms with van der Waals surface area (Å²) < 4.78 is 0. The molecule has 1 N–H and O–H groups in total. The minimum absolute atomic E-state index is 0.00442. The number of fused-ring (bicyclic) bond motifs is 1. The smallest absolute Gasteiger partial charge is 0.227 e.